The second-order valence-electron chi connectivity index (χ2n) is 4.15. The standard InChI is InChI=1S/C13H14ClN3O2/c1-9(8-18)15-13(19)11-6-7-17(16-11)12-5-3-2-4-10(12)14/h2-7,9,18H,8H2,1H3,(H,15,19). The molecule has 2 aromatic rings. The molecule has 0 bridgehead atoms. The van der Waals surface area contributed by atoms with E-state index in [1.54, 1.807) is 29.9 Å². The van der Waals surface area contributed by atoms with E-state index in [9.17, 15) is 4.79 Å². The molecule has 1 aromatic heterocycles. The quantitative estimate of drug-likeness (QED) is 0.894. The number of para-hydroxylation sites is 1. The highest BCUT2D eigenvalue weighted by molar-refractivity contribution is 6.32. The first kappa shape index (κ1) is 13.6. The Balaban J connectivity index is 2.20. The van der Waals surface area contributed by atoms with E-state index in [4.69, 9.17) is 16.7 Å². The predicted molar refractivity (Wildman–Crippen MR) is 72.6 cm³/mol. The van der Waals surface area contributed by atoms with E-state index in [0.717, 1.165) is 0 Å². The van der Waals surface area contributed by atoms with Gasteiger partial charge in [-0.15, -0.1) is 0 Å². The van der Waals surface area contributed by atoms with Crippen molar-refractivity contribution in [2.75, 3.05) is 6.61 Å². The van der Waals surface area contributed by atoms with E-state index < -0.39 is 0 Å². The molecule has 0 saturated carbocycles. The van der Waals surface area contributed by atoms with E-state index in [1.807, 2.05) is 18.2 Å². The van der Waals surface area contributed by atoms with Crippen LogP contribution in [-0.4, -0.2) is 33.4 Å². The summed E-state index contributed by atoms with van der Waals surface area (Å²) in [7, 11) is 0. The van der Waals surface area contributed by atoms with Gasteiger partial charge in [-0.1, -0.05) is 23.7 Å². The minimum Gasteiger partial charge on any atom is -0.394 e. The third-order valence-corrected chi connectivity index (χ3v) is 2.89. The Labute approximate surface area is 115 Å². The molecule has 100 valence electrons. The van der Waals surface area contributed by atoms with Gasteiger partial charge in [-0.25, -0.2) is 4.68 Å². The number of aromatic nitrogens is 2. The summed E-state index contributed by atoms with van der Waals surface area (Å²) in [6.07, 6.45) is 1.67. The Morgan fingerprint density at radius 3 is 2.89 bits per heavy atom. The Morgan fingerprint density at radius 1 is 1.47 bits per heavy atom. The Kier molecular flexibility index (Phi) is 4.19. The number of nitrogens with one attached hydrogen (secondary N) is 1. The van der Waals surface area contributed by atoms with Gasteiger partial charge < -0.3 is 10.4 Å². The van der Waals surface area contributed by atoms with Crippen LogP contribution in [0.4, 0.5) is 0 Å². The van der Waals surface area contributed by atoms with Gasteiger partial charge in [-0.2, -0.15) is 5.10 Å². The molecule has 1 heterocycles. The molecule has 2 N–H and O–H groups in total. The summed E-state index contributed by atoms with van der Waals surface area (Å²) >= 11 is 6.06. The largest absolute Gasteiger partial charge is 0.394 e. The number of halogens is 1. The molecule has 0 saturated heterocycles. The number of hydrogen-bond acceptors (Lipinski definition) is 3. The molecule has 1 aromatic carbocycles. The van der Waals surface area contributed by atoms with Gasteiger partial charge in [-0.3, -0.25) is 4.79 Å². The summed E-state index contributed by atoms with van der Waals surface area (Å²) in [4.78, 5) is 11.8. The molecule has 0 radical (unpaired) electrons. The molecule has 0 fully saturated rings. The number of carbonyl (C=O) groups excluding carboxylic acids is 1. The van der Waals surface area contributed by atoms with Crippen molar-refractivity contribution in [2.45, 2.75) is 13.0 Å². The van der Waals surface area contributed by atoms with Gasteiger partial charge in [0.2, 0.25) is 0 Å². The summed E-state index contributed by atoms with van der Waals surface area (Å²) in [5.41, 5.74) is 0.985. The summed E-state index contributed by atoms with van der Waals surface area (Å²) in [5.74, 6) is -0.327. The van der Waals surface area contributed by atoms with Crippen LogP contribution in [0.2, 0.25) is 5.02 Å². The van der Waals surface area contributed by atoms with Crippen LogP contribution in [-0.2, 0) is 0 Å². The van der Waals surface area contributed by atoms with Crippen LogP contribution in [0.1, 0.15) is 17.4 Å². The zero-order chi connectivity index (χ0) is 13.8. The van der Waals surface area contributed by atoms with Crippen molar-refractivity contribution < 1.29 is 9.90 Å². The SMILES string of the molecule is CC(CO)NC(=O)c1ccn(-c2ccccc2Cl)n1. The van der Waals surface area contributed by atoms with Gasteiger partial charge in [0.05, 0.1) is 17.3 Å². The van der Waals surface area contributed by atoms with Crippen molar-refractivity contribution in [3.63, 3.8) is 0 Å². The van der Waals surface area contributed by atoms with E-state index in [1.165, 1.54) is 0 Å². The highest BCUT2D eigenvalue weighted by atomic mass is 35.5. The minimum atomic E-state index is -0.327. The predicted octanol–water partition coefficient (Wildman–Crippen LogP) is 1.64. The fraction of sp³-hybridized carbons (Fsp3) is 0.231. The fourth-order valence-electron chi connectivity index (χ4n) is 1.56. The summed E-state index contributed by atoms with van der Waals surface area (Å²) < 4.78 is 1.54. The van der Waals surface area contributed by atoms with Crippen molar-refractivity contribution in [1.29, 1.82) is 0 Å². The van der Waals surface area contributed by atoms with E-state index in [2.05, 4.69) is 10.4 Å². The fourth-order valence-corrected chi connectivity index (χ4v) is 1.78. The van der Waals surface area contributed by atoms with Crippen LogP contribution in [0.25, 0.3) is 5.69 Å². The molecule has 0 aliphatic carbocycles. The van der Waals surface area contributed by atoms with Crippen LogP contribution in [0.3, 0.4) is 0 Å². The zero-order valence-corrected chi connectivity index (χ0v) is 11.1. The first-order chi connectivity index (χ1) is 9.11. The molecule has 2 rings (SSSR count). The molecule has 1 atom stereocenters. The zero-order valence-electron chi connectivity index (χ0n) is 10.4. The molecule has 5 nitrogen and oxygen atoms in total. The lowest BCUT2D eigenvalue weighted by Gasteiger charge is -2.08. The number of aliphatic hydroxyl groups is 1. The molecule has 0 aliphatic rings. The van der Waals surface area contributed by atoms with Crippen molar-refractivity contribution in [1.82, 2.24) is 15.1 Å². The van der Waals surface area contributed by atoms with Crippen LogP contribution in [0, 0.1) is 0 Å². The Bertz CT molecular complexity index is 583. The van der Waals surface area contributed by atoms with Crippen LogP contribution >= 0.6 is 11.6 Å². The van der Waals surface area contributed by atoms with Crippen LogP contribution < -0.4 is 5.32 Å². The van der Waals surface area contributed by atoms with E-state index >= 15 is 0 Å². The van der Waals surface area contributed by atoms with Gasteiger partial charge in [0.1, 0.15) is 0 Å². The van der Waals surface area contributed by atoms with Gasteiger partial charge in [0, 0.05) is 12.2 Å². The maximum atomic E-state index is 11.8. The summed E-state index contributed by atoms with van der Waals surface area (Å²) in [6, 6.07) is 8.53. The van der Waals surface area contributed by atoms with Crippen molar-refractivity contribution in [2.24, 2.45) is 0 Å². The number of hydrogen-bond donors (Lipinski definition) is 2. The van der Waals surface area contributed by atoms with E-state index in [0.29, 0.717) is 10.7 Å². The molecule has 0 spiro atoms. The van der Waals surface area contributed by atoms with E-state index in [-0.39, 0.29) is 24.2 Å². The lowest BCUT2D eigenvalue weighted by atomic mass is 10.3. The van der Waals surface area contributed by atoms with Crippen LogP contribution in [0.15, 0.2) is 36.5 Å². The average molecular weight is 280 g/mol. The second kappa shape index (κ2) is 5.86. The van der Waals surface area contributed by atoms with Gasteiger partial charge in [0.15, 0.2) is 5.69 Å². The van der Waals surface area contributed by atoms with Gasteiger partial charge >= 0.3 is 0 Å². The normalized spacial score (nSPS) is 12.2. The smallest absolute Gasteiger partial charge is 0.272 e. The maximum Gasteiger partial charge on any atom is 0.272 e. The molecule has 0 aliphatic heterocycles. The summed E-state index contributed by atoms with van der Waals surface area (Å²) in [6.45, 7) is 1.60. The van der Waals surface area contributed by atoms with Crippen molar-refractivity contribution >= 4 is 17.5 Å². The molecular formula is C13H14ClN3O2. The number of aliphatic hydroxyl groups excluding tert-OH is 1. The lowest BCUT2D eigenvalue weighted by molar-refractivity contribution is 0.0917. The van der Waals surface area contributed by atoms with Gasteiger partial charge in [0.25, 0.3) is 5.91 Å². The first-order valence-corrected chi connectivity index (χ1v) is 6.22. The van der Waals surface area contributed by atoms with Gasteiger partial charge in [-0.05, 0) is 25.1 Å². The second-order valence-corrected chi connectivity index (χ2v) is 4.56. The molecule has 6 heteroatoms. The number of nitrogens with zero attached hydrogens (tertiary/aromatic N) is 2. The number of carbonyl (C=O) groups is 1. The highest BCUT2D eigenvalue weighted by Crippen LogP contribution is 2.18. The highest BCUT2D eigenvalue weighted by Gasteiger charge is 2.13. The molecular weight excluding hydrogens is 266 g/mol. The number of amides is 1. The lowest BCUT2D eigenvalue weighted by Crippen LogP contribution is -2.35. The maximum absolute atomic E-state index is 11.8. The minimum absolute atomic E-state index is 0.114. The summed E-state index contributed by atoms with van der Waals surface area (Å²) in [5, 5.41) is 16.2. The molecule has 19 heavy (non-hydrogen) atoms. The van der Waals surface area contributed by atoms with Crippen LogP contribution in [0.5, 0.6) is 0 Å². The third-order valence-electron chi connectivity index (χ3n) is 2.57. The topological polar surface area (TPSA) is 67.2 Å². The third kappa shape index (κ3) is 3.13. The number of benzene rings is 1. The van der Waals surface area contributed by atoms with Crippen molar-refractivity contribution in [3.8, 4) is 5.69 Å². The van der Waals surface area contributed by atoms with Crippen molar-refractivity contribution in [3.05, 3.63) is 47.2 Å². The monoisotopic (exact) mass is 279 g/mol. The Hall–Kier alpha value is -1.85. The average Bonchev–Trinajstić information content (AvgIpc) is 2.88. The first-order valence-electron chi connectivity index (χ1n) is 5.84. The molecule has 1 unspecified atom stereocenters. The number of rotatable bonds is 4. The molecule has 1 amide bonds. The Morgan fingerprint density at radius 2 is 2.21 bits per heavy atom.